The van der Waals surface area contributed by atoms with Crippen molar-refractivity contribution >= 4 is 40.9 Å². The van der Waals surface area contributed by atoms with Gasteiger partial charge < -0.3 is 10.1 Å². The van der Waals surface area contributed by atoms with Gasteiger partial charge in [-0.25, -0.2) is 0 Å². The minimum atomic E-state index is -0.217. The van der Waals surface area contributed by atoms with Gasteiger partial charge in [-0.05, 0) is 54.4 Å². The van der Waals surface area contributed by atoms with Gasteiger partial charge in [0.1, 0.15) is 5.75 Å². The van der Waals surface area contributed by atoms with Crippen LogP contribution in [0.3, 0.4) is 0 Å². The predicted molar refractivity (Wildman–Crippen MR) is 145 cm³/mol. The summed E-state index contributed by atoms with van der Waals surface area (Å²) in [5.74, 6) is 1.80. The van der Waals surface area contributed by atoms with E-state index in [2.05, 4.69) is 34.6 Å². The van der Waals surface area contributed by atoms with E-state index in [-0.39, 0.29) is 12.5 Å². The molecule has 0 spiro atoms. The summed E-state index contributed by atoms with van der Waals surface area (Å²) in [6.45, 7) is 2.95. The molecule has 0 saturated heterocycles. The largest absolute Gasteiger partial charge is 0.494 e. The number of thioether (sulfide) groups is 1. The summed E-state index contributed by atoms with van der Waals surface area (Å²) in [7, 11) is 0. The standard InChI is InChI=1S/C27H26Cl2N4O2S/c1-2-3-15-35-22-12-9-20(10-13-22)26(34)30-17-25-31-32-27(36-18-19-7-5-4-6-8-19)33(25)24-14-11-21(28)16-23(24)29/h4-14,16H,2-3,15,17-18H2,1H3,(H,30,34). The van der Waals surface area contributed by atoms with Crippen molar-refractivity contribution in [3.05, 3.63) is 99.8 Å². The molecule has 0 fully saturated rings. The van der Waals surface area contributed by atoms with Crippen LogP contribution in [0.5, 0.6) is 5.75 Å². The van der Waals surface area contributed by atoms with Gasteiger partial charge in [0.25, 0.3) is 5.91 Å². The highest BCUT2D eigenvalue weighted by atomic mass is 35.5. The molecule has 1 N–H and O–H groups in total. The first-order valence-electron chi connectivity index (χ1n) is 11.6. The molecule has 186 valence electrons. The molecule has 3 aromatic carbocycles. The number of halogens is 2. The average molecular weight is 542 g/mol. The molecule has 4 rings (SSSR count). The molecule has 1 aromatic heterocycles. The number of amides is 1. The quantitative estimate of drug-likeness (QED) is 0.164. The third-order valence-electron chi connectivity index (χ3n) is 5.35. The zero-order chi connectivity index (χ0) is 25.3. The molecular weight excluding hydrogens is 515 g/mol. The van der Waals surface area contributed by atoms with Crippen LogP contribution < -0.4 is 10.1 Å². The molecule has 0 radical (unpaired) electrons. The summed E-state index contributed by atoms with van der Waals surface area (Å²) in [5, 5.41) is 13.3. The van der Waals surface area contributed by atoms with Gasteiger partial charge in [0.15, 0.2) is 11.0 Å². The maximum Gasteiger partial charge on any atom is 0.251 e. The highest BCUT2D eigenvalue weighted by molar-refractivity contribution is 7.98. The third kappa shape index (κ3) is 6.81. The van der Waals surface area contributed by atoms with Crippen LogP contribution in [0.25, 0.3) is 5.69 Å². The van der Waals surface area contributed by atoms with Crippen molar-refractivity contribution in [2.75, 3.05) is 6.61 Å². The highest BCUT2D eigenvalue weighted by Gasteiger charge is 2.18. The lowest BCUT2D eigenvalue weighted by atomic mass is 10.2. The second-order valence-electron chi connectivity index (χ2n) is 8.01. The number of nitrogens with zero attached hydrogens (tertiary/aromatic N) is 3. The van der Waals surface area contributed by atoms with Gasteiger partial charge in [-0.1, -0.05) is 78.6 Å². The zero-order valence-electron chi connectivity index (χ0n) is 19.8. The number of ether oxygens (including phenoxy) is 1. The summed E-state index contributed by atoms with van der Waals surface area (Å²) in [5.41, 5.74) is 2.39. The molecule has 0 atom stereocenters. The van der Waals surface area contributed by atoms with Crippen molar-refractivity contribution in [3.8, 4) is 11.4 Å². The Kier molecular flexibility index (Phi) is 9.28. The Balaban J connectivity index is 1.50. The lowest BCUT2D eigenvalue weighted by Gasteiger charge is -2.13. The number of benzene rings is 3. The van der Waals surface area contributed by atoms with Crippen molar-refractivity contribution in [2.24, 2.45) is 0 Å². The first kappa shape index (κ1) is 26.1. The van der Waals surface area contributed by atoms with E-state index in [4.69, 9.17) is 27.9 Å². The van der Waals surface area contributed by atoms with Crippen molar-refractivity contribution in [1.29, 1.82) is 0 Å². The van der Waals surface area contributed by atoms with Gasteiger partial charge in [0.2, 0.25) is 0 Å². The van der Waals surface area contributed by atoms with Gasteiger partial charge in [0, 0.05) is 16.3 Å². The van der Waals surface area contributed by atoms with Gasteiger partial charge in [0.05, 0.1) is 23.9 Å². The summed E-state index contributed by atoms with van der Waals surface area (Å²) in [6, 6.07) is 22.5. The van der Waals surface area contributed by atoms with Crippen LogP contribution in [0.2, 0.25) is 10.0 Å². The first-order valence-corrected chi connectivity index (χ1v) is 13.4. The number of hydrogen-bond donors (Lipinski definition) is 1. The van der Waals surface area contributed by atoms with E-state index in [1.807, 2.05) is 28.8 Å². The number of carbonyl (C=O) groups is 1. The van der Waals surface area contributed by atoms with Crippen molar-refractivity contribution in [2.45, 2.75) is 37.2 Å². The Hall–Kier alpha value is -3.00. The number of carbonyl (C=O) groups excluding carboxylic acids is 1. The van der Waals surface area contributed by atoms with E-state index in [0.29, 0.717) is 44.6 Å². The summed E-state index contributed by atoms with van der Waals surface area (Å²) >= 11 is 14.2. The number of unbranched alkanes of at least 4 members (excludes halogenated alkanes) is 1. The molecule has 0 aliphatic carbocycles. The molecule has 6 nitrogen and oxygen atoms in total. The van der Waals surface area contributed by atoms with Crippen molar-refractivity contribution < 1.29 is 9.53 Å². The Morgan fingerprint density at radius 3 is 2.53 bits per heavy atom. The van der Waals surface area contributed by atoms with Crippen LogP contribution in [0.1, 0.15) is 41.5 Å². The SMILES string of the molecule is CCCCOc1ccc(C(=O)NCc2nnc(SCc3ccccc3)n2-c2ccc(Cl)cc2Cl)cc1. The third-order valence-corrected chi connectivity index (χ3v) is 6.89. The van der Waals surface area contributed by atoms with Crippen LogP contribution in [-0.4, -0.2) is 27.3 Å². The van der Waals surface area contributed by atoms with E-state index in [0.717, 1.165) is 24.2 Å². The maximum absolute atomic E-state index is 12.8. The fourth-order valence-corrected chi connectivity index (χ4v) is 4.85. The lowest BCUT2D eigenvalue weighted by molar-refractivity contribution is 0.0949. The molecular formula is C27H26Cl2N4O2S. The second-order valence-corrected chi connectivity index (χ2v) is 9.80. The number of aromatic nitrogens is 3. The molecule has 0 aliphatic rings. The van der Waals surface area contributed by atoms with Gasteiger partial charge in [-0.3, -0.25) is 9.36 Å². The topological polar surface area (TPSA) is 69.0 Å². The average Bonchev–Trinajstić information content (AvgIpc) is 3.29. The van der Waals surface area contributed by atoms with E-state index in [1.165, 1.54) is 0 Å². The predicted octanol–water partition coefficient (Wildman–Crippen LogP) is 6.98. The fraction of sp³-hybridized carbons (Fsp3) is 0.222. The smallest absolute Gasteiger partial charge is 0.251 e. The van der Waals surface area contributed by atoms with Gasteiger partial charge in [-0.15, -0.1) is 10.2 Å². The zero-order valence-corrected chi connectivity index (χ0v) is 22.1. The van der Waals surface area contributed by atoms with E-state index < -0.39 is 0 Å². The Morgan fingerprint density at radius 1 is 1.03 bits per heavy atom. The monoisotopic (exact) mass is 540 g/mol. The van der Waals surface area contributed by atoms with E-state index in [9.17, 15) is 4.79 Å². The molecule has 0 aliphatic heterocycles. The Labute approximate surface area is 225 Å². The van der Waals surface area contributed by atoms with Crippen LogP contribution in [-0.2, 0) is 12.3 Å². The van der Waals surface area contributed by atoms with Crippen LogP contribution >= 0.6 is 35.0 Å². The van der Waals surface area contributed by atoms with Crippen LogP contribution in [0, 0.1) is 0 Å². The second kappa shape index (κ2) is 12.8. The number of hydrogen-bond acceptors (Lipinski definition) is 5. The lowest BCUT2D eigenvalue weighted by Crippen LogP contribution is -2.24. The van der Waals surface area contributed by atoms with E-state index in [1.54, 1.807) is 48.2 Å². The van der Waals surface area contributed by atoms with Gasteiger partial charge in [-0.2, -0.15) is 0 Å². The summed E-state index contributed by atoms with van der Waals surface area (Å²) in [4.78, 5) is 12.8. The first-order chi connectivity index (χ1) is 17.5. The molecule has 1 amide bonds. The minimum absolute atomic E-state index is 0.172. The van der Waals surface area contributed by atoms with Gasteiger partial charge >= 0.3 is 0 Å². The van der Waals surface area contributed by atoms with Crippen molar-refractivity contribution in [3.63, 3.8) is 0 Å². The maximum atomic E-state index is 12.8. The molecule has 0 bridgehead atoms. The van der Waals surface area contributed by atoms with Crippen LogP contribution in [0.4, 0.5) is 0 Å². The summed E-state index contributed by atoms with van der Waals surface area (Å²) < 4.78 is 7.53. The highest BCUT2D eigenvalue weighted by Crippen LogP contribution is 2.30. The van der Waals surface area contributed by atoms with E-state index >= 15 is 0 Å². The normalized spacial score (nSPS) is 10.9. The molecule has 4 aromatic rings. The molecule has 0 saturated carbocycles. The fourth-order valence-electron chi connectivity index (χ4n) is 3.43. The molecule has 9 heteroatoms. The molecule has 1 heterocycles. The molecule has 36 heavy (non-hydrogen) atoms. The van der Waals surface area contributed by atoms with Crippen LogP contribution in [0.15, 0.2) is 78.0 Å². The minimum Gasteiger partial charge on any atom is -0.494 e. The number of rotatable bonds is 11. The number of nitrogens with one attached hydrogen (secondary N) is 1. The molecule has 0 unspecified atom stereocenters. The summed E-state index contributed by atoms with van der Waals surface area (Å²) in [6.07, 6.45) is 2.06. The Bertz CT molecular complexity index is 1300. The van der Waals surface area contributed by atoms with Crippen molar-refractivity contribution in [1.82, 2.24) is 20.1 Å². The Morgan fingerprint density at radius 2 is 1.81 bits per heavy atom.